The first kappa shape index (κ1) is 11.4. The number of hydrogen-bond acceptors (Lipinski definition) is 3. The minimum atomic E-state index is -0.652. The highest BCUT2D eigenvalue weighted by Gasteiger charge is 2.18. The predicted octanol–water partition coefficient (Wildman–Crippen LogP) is 3.29. The van der Waals surface area contributed by atoms with Gasteiger partial charge in [0, 0.05) is 10.4 Å². The molecule has 0 aliphatic heterocycles. The average molecular weight is 258 g/mol. The van der Waals surface area contributed by atoms with E-state index in [2.05, 4.69) is 0 Å². The van der Waals surface area contributed by atoms with Crippen LogP contribution in [0.3, 0.4) is 0 Å². The van der Waals surface area contributed by atoms with Crippen molar-refractivity contribution in [2.75, 3.05) is 0 Å². The molecule has 1 heterocycles. The van der Waals surface area contributed by atoms with Crippen molar-refractivity contribution in [1.82, 2.24) is 0 Å². The van der Waals surface area contributed by atoms with Gasteiger partial charge in [-0.15, -0.1) is 11.3 Å². The SMILES string of the molecule is N[C@@H](c1cccs1)c1ccc(F)c(Cl)c1O. The van der Waals surface area contributed by atoms with E-state index >= 15 is 0 Å². The summed E-state index contributed by atoms with van der Waals surface area (Å²) in [5.74, 6) is -0.941. The van der Waals surface area contributed by atoms with E-state index in [1.54, 1.807) is 0 Å². The number of hydrogen-bond donors (Lipinski definition) is 2. The highest BCUT2D eigenvalue weighted by Crippen LogP contribution is 2.36. The zero-order valence-electron chi connectivity index (χ0n) is 8.15. The molecule has 0 aliphatic carbocycles. The fourth-order valence-electron chi connectivity index (χ4n) is 1.43. The molecule has 2 aromatic rings. The van der Waals surface area contributed by atoms with E-state index in [1.807, 2.05) is 17.5 Å². The molecule has 1 atom stereocenters. The monoisotopic (exact) mass is 257 g/mol. The molecule has 2 nitrogen and oxygen atoms in total. The van der Waals surface area contributed by atoms with Gasteiger partial charge in [0.25, 0.3) is 0 Å². The third kappa shape index (κ3) is 1.91. The minimum Gasteiger partial charge on any atom is -0.506 e. The summed E-state index contributed by atoms with van der Waals surface area (Å²) in [5, 5.41) is 11.3. The second-order valence-corrected chi connectivity index (χ2v) is 4.65. The maximum atomic E-state index is 13.0. The molecule has 84 valence electrons. The van der Waals surface area contributed by atoms with Crippen LogP contribution in [0.15, 0.2) is 29.6 Å². The number of aromatic hydroxyl groups is 1. The van der Waals surface area contributed by atoms with Crippen LogP contribution in [0.5, 0.6) is 5.75 Å². The molecule has 0 radical (unpaired) electrons. The first-order chi connectivity index (χ1) is 7.61. The van der Waals surface area contributed by atoms with E-state index in [4.69, 9.17) is 17.3 Å². The Bertz CT molecular complexity index is 501. The largest absolute Gasteiger partial charge is 0.506 e. The third-order valence-corrected chi connectivity index (χ3v) is 3.60. The Morgan fingerprint density at radius 1 is 1.38 bits per heavy atom. The lowest BCUT2D eigenvalue weighted by atomic mass is 10.1. The molecule has 1 aromatic heterocycles. The molecule has 0 saturated carbocycles. The number of benzene rings is 1. The van der Waals surface area contributed by atoms with Gasteiger partial charge >= 0.3 is 0 Å². The van der Waals surface area contributed by atoms with Crippen molar-refractivity contribution < 1.29 is 9.50 Å². The van der Waals surface area contributed by atoms with Gasteiger partial charge in [-0.1, -0.05) is 23.7 Å². The molecule has 0 fully saturated rings. The summed E-state index contributed by atoms with van der Waals surface area (Å²) in [4.78, 5) is 0.887. The molecule has 0 saturated heterocycles. The van der Waals surface area contributed by atoms with Crippen molar-refractivity contribution in [2.45, 2.75) is 6.04 Å². The summed E-state index contributed by atoms with van der Waals surface area (Å²) >= 11 is 7.08. The number of nitrogens with two attached hydrogens (primary N) is 1. The van der Waals surface area contributed by atoms with Crippen molar-refractivity contribution in [2.24, 2.45) is 5.73 Å². The van der Waals surface area contributed by atoms with Gasteiger partial charge in [-0.25, -0.2) is 4.39 Å². The van der Waals surface area contributed by atoms with Gasteiger partial charge < -0.3 is 10.8 Å². The maximum Gasteiger partial charge on any atom is 0.145 e. The van der Waals surface area contributed by atoms with Crippen LogP contribution < -0.4 is 5.73 Å². The Morgan fingerprint density at radius 2 is 2.12 bits per heavy atom. The van der Waals surface area contributed by atoms with E-state index in [-0.39, 0.29) is 10.8 Å². The van der Waals surface area contributed by atoms with Crippen LogP contribution in [-0.4, -0.2) is 5.11 Å². The quantitative estimate of drug-likeness (QED) is 0.867. The van der Waals surface area contributed by atoms with Gasteiger partial charge in [-0.05, 0) is 17.5 Å². The van der Waals surface area contributed by atoms with Crippen molar-refractivity contribution in [3.05, 3.63) is 50.9 Å². The first-order valence-electron chi connectivity index (χ1n) is 4.57. The highest BCUT2D eigenvalue weighted by atomic mass is 35.5. The molecule has 1 aromatic carbocycles. The highest BCUT2D eigenvalue weighted by molar-refractivity contribution is 7.10. The Labute approximate surface area is 101 Å². The van der Waals surface area contributed by atoms with Gasteiger partial charge in [-0.3, -0.25) is 0 Å². The van der Waals surface area contributed by atoms with Crippen LogP contribution in [0, 0.1) is 5.82 Å². The van der Waals surface area contributed by atoms with Gasteiger partial charge in [0.2, 0.25) is 0 Å². The summed E-state index contributed by atoms with van der Waals surface area (Å²) in [5.41, 5.74) is 6.37. The molecule has 0 spiro atoms. The molecule has 0 unspecified atom stereocenters. The van der Waals surface area contributed by atoms with Gasteiger partial charge in [0.05, 0.1) is 6.04 Å². The lowest BCUT2D eigenvalue weighted by Gasteiger charge is -2.13. The van der Waals surface area contributed by atoms with E-state index in [1.165, 1.54) is 23.5 Å². The summed E-state index contributed by atoms with van der Waals surface area (Å²) < 4.78 is 13.0. The molecule has 16 heavy (non-hydrogen) atoms. The van der Waals surface area contributed by atoms with Crippen LogP contribution >= 0.6 is 22.9 Å². The predicted molar refractivity (Wildman–Crippen MR) is 63.4 cm³/mol. The smallest absolute Gasteiger partial charge is 0.145 e. The van der Waals surface area contributed by atoms with Crippen LogP contribution in [0.1, 0.15) is 16.5 Å². The van der Waals surface area contributed by atoms with E-state index in [0.29, 0.717) is 5.56 Å². The number of phenols is 1. The summed E-state index contributed by atoms with van der Waals surface area (Å²) in [7, 11) is 0. The first-order valence-corrected chi connectivity index (χ1v) is 5.83. The second-order valence-electron chi connectivity index (χ2n) is 3.29. The number of thiophene rings is 1. The molecular weight excluding hydrogens is 249 g/mol. The zero-order valence-corrected chi connectivity index (χ0v) is 9.73. The van der Waals surface area contributed by atoms with Crippen molar-refractivity contribution in [3.63, 3.8) is 0 Å². The van der Waals surface area contributed by atoms with Gasteiger partial charge in [-0.2, -0.15) is 0 Å². The lowest BCUT2D eigenvalue weighted by Crippen LogP contribution is -2.10. The minimum absolute atomic E-state index is 0.287. The molecule has 0 aliphatic rings. The van der Waals surface area contributed by atoms with Crippen LogP contribution in [0.4, 0.5) is 4.39 Å². The second kappa shape index (κ2) is 4.41. The molecule has 0 bridgehead atoms. The topological polar surface area (TPSA) is 46.2 Å². The Kier molecular flexibility index (Phi) is 3.14. The fourth-order valence-corrected chi connectivity index (χ4v) is 2.34. The van der Waals surface area contributed by atoms with Crippen LogP contribution in [0.2, 0.25) is 5.02 Å². The number of halogens is 2. The molecule has 2 rings (SSSR count). The van der Waals surface area contributed by atoms with Crippen molar-refractivity contribution >= 4 is 22.9 Å². The Hall–Kier alpha value is -1.10. The lowest BCUT2D eigenvalue weighted by molar-refractivity contribution is 0.460. The van der Waals surface area contributed by atoms with E-state index in [0.717, 1.165) is 4.88 Å². The number of phenolic OH excluding ortho intramolecular Hbond substituents is 1. The molecule has 3 N–H and O–H groups in total. The summed E-state index contributed by atoms with van der Waals surface area (Å²) in [6.45, 7) is 0. The fraction of sp³-hybridized carbons (Fsp3) is 0.0909. The van der Waals surface area contributed by atoms with E-state index < -0.39 is 11.9 Å². The summed E-state index contributed by atoms with van der Waals surface area (Å²) in [6, 6.07) is 5.87. The molecule has 5 heteroatoms. The van der Waals surface area contributed by atoms with Crippen LogP contribution in [0.25, 0.3) is 0 Å². The average Bonchev–Trinajstić information content (AvgIpc) is 2.79. The Morgan fingerprint density at radius 3 is 2.75 bits per heavy atom. The molecular formula is C11H9ClFNOS. The summed E-state index contributed by atoms with van der Waals surface area (Å²) in [6.07, 6.45) is 0. The van der Waals surface area contributed by atoms with Crippen molar-refractivity contribution in [1.29, 1.82) is 0 Å². The van der Waals surface area contributed by atoms with Crippen LogP contribution in [-0.2, 0) is 0 Å². The Balaban J connectivity index is 2.45. The van der Waals surface area contributed by atoms with Crippen molar-refractivity contribution in [3.8, 4) is 5.75 Å². The zero-order chi connectivity index (χ0) is 11.7. The standard InChI is InChI=1S/C11H9ClFNOS/c12-9-7(13)4-3-6(11(9)15)10(14)8-2-1-5-16-8/h1-5,10,15H,14H2/t10-/m1/s1. The normalized spacial score (nSPS) is 12.7. The van der Waals surface area contributed by atoms with Gasteiger partial charge in [0.1, 0.15) is 16.6 Å². The van der Waals surface area contributed by atoms with Gasteiger partial charge in [0.15, 0.2) is 0 Å². The number of rotatable bonds is 2. The maximum absolute atomic E-state index is 13.0. The third-order valence-electron chi connectivity index (χ3n) is 2.29. The molecule has 0 amide bonds. The van der Waals surface area contributed by atoms with E-state index in [9.17, 15) is 9.50 Å².